The minimum absolute atomic E-state index is 0.296. The van der Waals surface area contributed by atoms with Crippen molar-refractivity contribution in [1.82, 2.24) is 4.57 Å². The fourth-order valence-corrected chi connectivity index (χ4v) is 3.45. The van der Waals surface area contributed by atoms with Gasteiger partial charge in [-0.1, -0.05) is 41.2 Å². The summed E-state index contributed by atoms with van der Waals surface area (Å²) in [5, 5.41) is 9.28. The van der Waals surface area contributed by atoms with Gasteiger partial charge < -0.3 is 4.57 Å². The van der Waals surface area contributed by atoms with E-state index in [4.69, 9.17) is 0 Å². The molecule has 0 saturated carbocycles. The van der Waals surface area contributed by atoms with Gasteiger partial charge in [0.1, 0.15) is 6.04 Å². The minimum atomic E-state index is -0.393. The van der Waals surface area contributed by atoms with E-state index in [1.165, 1.54) is 11.3 Å². The molecule has 5 heteroatoms. The molecule has 3 rings (SSSR count). The lowest BCUT2D eigenvalue weighted by atomic mass is 10.1. The molecule has 0 fully saturated rings. The molecule has 114 valence electrons. The third-order valence-corrected chi connectivity index (χ3v) is 4.64. The van der Waals surface area contributed by atoms with Crippen LogP contribution in [0, 0.1) is 18.3 Å². The average molecular weight is 321 g/mol. The van der Waals surface area contributed by atoms with Gasteiger partial charge in [0.05, 0.1) is 16.3 Å². The predicted molar refractivity (Wildman–Crippen MR) is 91.2 cm³/mol. The molecule has 0 spiro atoms. The molecular formula is C18H15N3OS. The third kappa shape index (κ3) is 2.94. The number of nitrogens with zero attached hydrogens (tertiary/aromatic N) is 3. The van der Waals surface area contributed by atoms with E-state index in [0.717, 1.165) is 15.8 Å². The van der Waals surface area contributed by atoms with E-state index in [9.17, 15) is 10.1 Å². The van der Waals surface area contributed by atoms with Crippen LogP contribution < -0.4 is 4.80 Å². The lowest BCUT2D eigenvalue weighted by Crippen LogP contribution is -2.19. The van der Waals surface area contributed by atoms with Crippen molar-refractivity contribution in [1.29, 1.82) is 5.26 Å². The summed E-state index contributed by atoms with van der Waals surface area (Å²) >= 11 is 1.42. The van der Waals surface area contributed by atoms with Crippen molar-refractivity contribution in [2.45, 2.75) is 19.9 Å². The van der Waals surface area contributed by atoms with Gasteiger partial charge in [-0.25, -0.2) is 0 Å². The van der Waals surface area contributed by atoms with Crippen molar-refractivity contribution in [3.63, 3.8) is 0 Å². The monoisotopic (exact) mass is 321 g/mol. The lowest BCUT2D eigenvalue weighted by Gasteiger charge is -2.06. The van der Waals surface area contributed by atoms with Gasteiger partial charge in [0, 0.05) is 5.56 Å². The van der Waals surface area contributed by atoms with Crippen LogP contribution in [0.1, 0.15) is 28.9 Å². The summed E-state index contributed by atoms with van der Waals surface area (Å²) in [7, 11) is 0. The molecule has 0 N–H and O–H groups in total. The molecule has 4 nitrogen and oxygen atoms in total. The Bertz CT molecular complexity index is 974. The maximum atomic E-state index is 12.4. The smallest absolute Gasteiger partial charge is 0.279 e. The Morgan fingerprint density at radius 2 is 1.91 bits per heavy atom. The molecule has 0 aliphatic heterocycles. The molecule has 1 amide bonds. The molecule has 3 aromatic rings. The summed E-state index contributed by atoms with van der Waals surface area (Å²) in [5.74, 6) is -0.296. The van der Waals surface area contributed by atoms with Crippen molar-refractivity contribution in [3.05, 3.63) is 64.5 Å². The topological polar surface area (TPSA) is 58.1 Å². The van der Waals surface area contributed by atoms with Crippen LogP contribution in [0.25, 0.3) is 10.2 Å². The van der Waals surface area contributed by atoms with E-state index in [1.54, 1.807) is 19.1 Å². The number of rotatable bonds is 2. The van der Waals surface area contributed by atoms with E-state index in [-0.39, 0.29) is 5.91 Å². The third-order valence-electron chi connectivity index (χ3n) is 3.60. The van der Waals surface area contributed by atoms with Crippen LogP contribution in [0.15, 0.2) is 53.5 Å². The van der Waals surface area contributed by atoms with Crippen LogP contribution in [0.3, 0.4) is 0 Å². The molecule has 1 aromatic heterocycles. The van der Waals surface area contributed by atoms with E-state index >= 15 is 0 Å². The second-order valence-electron chi connectivity index (χ2n) is 5.31. The number of nitriles is 1. The van der Waals surface area contributed by atoms with Crippen molar-refractivity contribution in [2.75, 3.05) is 0 Å². The van der Waals surface area contributed by atoms with Crippen LogP contribution in [-0.4, -0.2) is 10.5 Å². The van der Waals surface area contributed by atoms with Crippen molar-refractivity contribution >= 4 is 27.5 Å². The number of para-hydroxylation sites is 1. The van der Waals surface area contributed by atoms with Gasteiger partial charge >= 0.3 is 0 Å². The average Bonchev–Trinajstić information content (AvgIpc) is 2.92. The number of fused-ring (bicyclic) bond motifs is 1. The first kappa shape index (κ1) is 15.2. The van der Waals surface area contributed by atoms with Crippen LogP contribution in [0.2, 0.25) is 0 Å². The minimum Gasteiger partial charge on any atom is -0.300 e. The highest BCUT2D eigenvalue weighted by molar-refractivity contribution is 7.16. The number of carbonyl (C=O) groups is 1. The summed E-state index contributed by atoms with van der Waals surface area (Å²) < 4.78 is 2.82. The van der Waals surface area contributed by atoms with Crippen molar-refractivity contribution in [3.8, 4) is 6.07 Å². The first-order valence-electron chi connectivity index (χ1n) is 7.25. The second-order valence-corrected chi connectivity index (χ2v) is 6.32. The summed E-state index contributed by atoms with van der Waals surface area (Å²) in [6.45, 7) is 3.77. The Morgan fingerprint density at radius 3 is 2.61 bits per heavy atom. The number of aromatic nitrogens is 1. The maximum Gasteiger partial charge on any atom is 0.279 e. The quantitative estimate of drug-likeness (QED) is 0.720. The Kier molecular flexibility index (Phi) is 4.09. The van der Waals surface area contributed by atoms with E-state index in [0.29, 0.717) is 10.4 Å². The highest BCUT2D eigenvalue weighted by Crippen LogP contribution is 2.20. The van der Waals surface area contributed by atoms with Gasteiger partial charge in [0.25, 0.3) is 5.91 Å². The van der Waals surface area contributed by atoms with Crippen molar-refractivity contribution in [2.24, 2.45) is 4.99 Å². The van der Waals surface area contributed by atoms with Crippen LogP contribution in [0.5, 0.6) is 0 Å². The molecule has 1 unspecified atom stereocenters. The zero-order valence-electron chi connectivity index (χ0n) is 12.9. The number of benzene rings is 2. The molecular weight excluding hydrogens is 306 g/mol. The summed E-state index contributed by atoms with van der Waals surface area (Å²) in [6, 6.07) is 16.9. The fraction of sp³-hybridized carbons (Fsp3) is 0.167. The highest BCUT2D eigenvalue weighted by atomic mass is 32.1. The zero-order valence-corrected chi connectivity index (χ0v) is 13.7. The molecule has 0 aliphatic rings. The Labute approximate surface area is 138 Å². The number of amides is 1. The highest BCUT2D eigenvalue weighted by Gasteiger charge is 2.13. The van der Waals surface area contributed by atoms with Gasteiger partial charge in [-0.2, -0.15) is 10.3 Å². The zero-order chi connectivity index (χ0) is 16.4. The number of aryl methyl sites for hydroxylation is 1. The van der Waals surface area contributed by atoms with Gasteiger partial charge in [0.2, 0.25) is 0 Å². The van der Waals surface area contributed by atoms with Crippen LogP contribution >= 0.6 is 11.3 Å². The van der Waals surface area contributed by atoms with Crippen LogP contribution in [0.4, 0.5) is 0 Å². The van der Waals surface area contributed by atoms with Crippen LogP contribution in [-0.2, 0) is 0 Å². The standard InChI is InChI=1S/C18H15N3OS/c1-12-7-9-14(10-8-12)17(22)20-18-21(13(2)11-19)15-5-3-4-6-16(15)23-18/h3-10,13H,1-2H3. The van der Waals surface area contributed by atoms with Gasteiger partial charge in [-0.15, -0.1) is 0 Å². The Morgan fingerprint density at radius 1 is 1.22 bits per heavy atom. The molecule has 23 heavy (non-hydrogen) atoms. The molecule has 1 heterocycles. The van der Waals surface area contributed by atoms with Crippen molar-refractivity contribution < 1.29 is 4.79 Å². The van der Waals surface area contributed by atoms with Gasteiger partial charge in [0.15, 0.2) is 4.80 Å². The number of hydrogen-bond donors (Lipinski definition) is 0. The van der Waals surface area contributed by atoms with Gasteiger partial charge in [-0.05, 0) is 38.1 Å². The van der Waals surface area contributed by atoms with E-state index in [2.05, 4.69) is 11.1 Å². The van der Waals surface area contributed by atoms with Gasteiger partial charge in [-0.3, -0.25) is 4.79 Å². The van der Waals surface area contributed by atoms with E-state index in [1.807, 2.05) is 47.9 Å². The molecule has 1 atom stereocenters. The Balaban J connectivity index is 2.17. The fourth-order valence-electron chi connectivity index (χ4n) is 2.35. The Hall–Kier alpha value is -2.71. The molecule has 0 bridgehead atoms. The van der Waals surface area contributed by atoms with E-state index < -0.39 is 6.04 Å². The molecule has 0 radical (unpaired) electrons. The molecule has 0 aliphatic carbocycles. The first-order valence-corrected chi connectivity index (χ1v) is 8.07. The normalized spacial score (nSPS) is 13.0. The lowest BCUT2D eigenvalue weighted by molar-refractivity contribution is 0.0998. The maximum absolute atomic E-state index is 12.4. The number of hydrogen-bond acceptors (Lipinski definition) is 3. The largest absolute Gasteiger partial charge is 0.300 e. The SMILES string of the molecule is Cc1ccc(C(=O)N=c2sc3ccccc3n2C(C)C#N)cc1. The summed E-state index contributed by atoms with van der Waals surface area (Å²) in [4.78, 5) is 17.2. The number of carbonyl (C=O) groups excluding carboxylic acids is 1. The summed E-state index contributed by atoms with van der Waals surface area (Å²) in [6.07, 6.45) is 0. The first-order chi connectivity index (χ1) is 11.1. The predicted octanol–water partition coefficient (Wildman–Crippen LogP) is 3.84. The molecule has 2 aromatic carbocycles. The molecule has 0 saturated heterocycles. The second kappa shape index (κ2) is 6.19. The summed E-state index contributed by atoms with van der Waals surface area (Å²) in [5.41, 5.74) is 2.56. The number of thiazole rings is 1.